The van der Waals surface area contributed by atoms with Crippen molar-refractivity contribution in [1.82, 2.24) is 9.97 Å². The third-order valence-corrected chi connectivity index (χ3v) is 6.01. The van der Waals surface area contributed by atoms with Gasteiger partial charge in [0.15, 0.2) is 5.65 Å². The van der Waals surface area contributed by atoms with Gasteiger partial charge in [0.2, 0.25) is 5.91 Å². The summed E-state index contributed by atoms with van der Waals surface area (Å²) in [6, 6.07) is 7.45. The quantitative estimate of drug-likeness (QED) is 0.277. The molecule has 3 N–H and O–H groups in total. The number of carbonyl (C=O) groups is 1. The minimum absolute atomic E-state index is 0.0589. The number of carbonyl (C=O) groups excluding carboxylic acids is 1. The molecule has 0 aliphatic rings. The number of unbranched alkanes of at least 4 members (excludes halogenated alkanes) is 10. The van der Waals surface area contributed by atoms with Crippen molar-refractivity contribution < 1.29 is 4.79 Å². The summed E-state index contributed by atoms with van der Waals surface area (Å²) in [6.07, 6.45) is 16.9. The van der Waals surface area contributed by atoms with Crippen LogP contribution in [-0.4, -0.2) is 15.9 Å². The van der Waals surface area contributed by atoms with Crippen molar-refractivity contribution in [3.8, 4) is 0 Å². The molecule has 0 spiro atoms. The highest BCUT2D eigenvalue weighted by atomic mass is 16.1. The molecule has 0 fully saturated rings. The predicted octanol–water partition coefficient (Wildman–Crippen LogP) is 7.27. The molecule has 0 aromatic carbocycles. The van der Waals surface area contributed by atoms with Crippen LogP contribution in [0, 0.1) is 5.92 Å². The second-order valence-corrected chi connectivity index (χ2v) is 8.78. The third kappa shape index (κ3) is 9.67. The molecule has 0 radical (unpaired) electrons. The van der Waals surface area contributed by atoms with E-state index >= 15 is 0 Å². The number of amides is 1. The predicted molar refractivity (Wildman–Crippen MR) is 132 cm³/mol. The van der Waals surface area contributed by atoms with E-state index in [0.29, 0.717) is 17.3 Å². The van der Waals surface area contributed by atoms with E-state index in [0.717, 1.165) is 31.1 Å². The highest BCUT2D eigenvalue weighted by molar-refractivity contribution is 5.92. The van der Waals surface area contributed by atoms with Gasteiger partial charge in [0.1, 0.15) is 11.6 Å². The molecule has 31 heavy (non-hydrogen) atoms. The summed E-state index contributed by atoms with van der Waals surface area (Å²) in [5.74, 6) is 1.15. The molecular weight excluding hydrogens is 384 g/mol. The molecule has 0 unspecified atom stereocenters. The average molecular weight is 427 g/mol. The van der Waals surface area contributed by atoms with Crippen LogP contribution in [0.4, 0.5) is 11.6 Å². The Morgan fingerprint density at radius 3 is 1.97 bits per heavy atom. The first-order valence-electron chi connectivity index (χ1n) is 12.5. The molecule has 5 heteroatoms. The van der Waals surface area contributed by atoms with Crippen LogP contribution in [0.1, 0.15) is 104 Å². The molecule has 0 saturated carbocycles. The van der Waals surface area contributed by atoms with Crippen LogP contribution < -0.4 is 11.1 Å². The zero-order valence-corrected chi connectivity index (χ0v) is 19.7. The zero-order chi connectivity index (χ0) is 22.3. The highest BCUT2D eigenvalue weighted by Gasteiger charge is 2.18. The highest BCUT2D eigenvalue weighted by Crippen LogP contribution is 2.22. The maximum atomic E-state index is 13.1. The van der Waals surface area contributed by atoms with Crippen LogP contribution in [0.15, 0.2) is 24.3 Å². The van der Waals surface area contributed by atoms with E-state index in [-0.39, 0.29) is 11.8 Å². The Hall–Kier alpha value is -2.17. The first kappa shape index (κ1) is 25.1. The summed E-state index contributed by atoms with van der Waals surface area (Å²) in [5.41, 5.74) is 6.35. The Kier molecular flexibility index (Phi) is 12.0. The lowest BCUT2D eigenvalue weighted by Crippen LogP contribution is -2.23. The van der Waals surface area contributed by atoms with Gasteiger partial charge in [-0.2, -0.15) is 0 Å². The van der Waals surface area contributed by atoms with Crippen LogP contribution in [0.5, 0.6) is 0 Å². The summed E-state index contributed by atoms with van der Waals surface area (Å²) in [4.78, 5) is 21.8. The van der Waals surface area contributed by atoms with Gasteiger partial charge in [-0.15, -0.1) is 0 Å². The molecule has 5 nitrogen and oxygen atoms in total. The van der Waals surface area contributed by atoms with Crippen LogP contribution in [0.25, 0.3) is 11.0 Å². The van der Waals surface area contributed by atoms with Gasteiger partial charge in [-0.3, -0.25) is 4.79 Å². The normalized spacial score (nSPS) is 11.3. The molecule has 0 bridgehead atoms. The molecule has 0 saturated heterocycles. The van der Waals surface area contributed by atoms with Crippen molar-refractivity contribution in [2.75, 3.05) is 11.1 Å². The van der Waals surface area contributed by atoms with Gasteiger partial charge < -0.3 is 11.1 Å². The number of pyridine rings is 2. The van der Waals surface area contributed by atoms with E-state index in [1.165, 1.54) is 64.2 Å². The molecule has 2 aromatic rings. The van der Waals surface area contributed by atoms with E-state index < -0.39 is 0 Å². The number of nitrogens with zero attached hydrogens (tertiary/aromatic N) is 2. The van der Waals surface area contributed by atoms with E-state index in [4.69, 9.17) is 5.73 Å². The maximum absolute atomic E-state index is 13.1. The summed E-state index contributed by atoms with van der Waals surface area (Å²) < 4.78 is 0. The fourth-order valence-electron chi connectivity index (χ4n) is 4.06. The van der Waals surface area contributed by atoms with Crippen molar-refractivity contribution in [1.29, 1.82) is 0 Å². The number of aromatic nitrogens is 2. The number of hydrogen-bond donors (Lipinski definition) is 2. The molecule has 1 amide bonds. The van der Waals surface area contributed by atoms with Gasteiger partial charge >= 0.3 is 0 Å². The molecule has 172 valence electrons. The molecule has 2 aromatic heterocycles. The Bertz CT molecular complexity index is 761. The summed E-state index contributed by atoms with van der Waals surface area (Å²) in [7, 11) is 0. The lowest BCUT2D eigenvalue weighted by Gasteiger charge is -2.17. The fraction of sp³-hybridized carbons (Fsp3) is 0.654. The molecule has 0 atom stereocenters. The summed E-state index contributed by atoms with van der Waals surface area (Å²) in [5, 5.41) is 3.96. The summed E-state index contributed by atoms with van der Waals surface area (Å²) in [6.45, 7) is 4.48. The number of rotatable bonds is 16. The Balaban J connectivity index is 1.90. The topological polar surface area (TPSA) is 80.9 Å². The zero-order valence-electron chi connectivity index (χ0n) is 19.7. The number of nitrogen functional groups attached to an aromatic ring is 1. The fourth-order valence-corrected chi connectivity index (χ4v) is 4.06. The Morgan fingerprint density at radius 2 is 1.35 bits per heavy atom. The van der Waals surface area contributed by atoms with Gasteiger partial charge in [-0.05, 0) is 37.1 Å². The van der Waals surface area contributed by atoms with Crippen LogP contribution in [-0.2, 0) is 4.79 Å². The largest absolute Gasteiger partial charge is 0.384 e. The van der Waals surface area contributed by atoms with Gasteiger partial charge in [0, 0.05) is 11.3 Å². The van der Waals surface area contributed by atoms with Crippen molar-refractivity contribution in [2.45, 2.75) is 104 Å². The van der Waals surface area contributed by atoms with Gasteiger partial charge in [0.25, 0.3) is 0 Å². The van der Waals surface area contributed by atoms with E-state index in [1.54, 1.807) is 6.07 Å². The standard InChI is InChI=1S/C26H42N4O/c1-3-5-7-9-11-13-15-22(16-14-12-10-8-6-4-2)26(31)30-24-20-18-21-17-19-23(27)28-25(21)29-24/h17-20,22H,3-16H2,1-2H3,(H3,27,28,29,30,31). The number of fused-ring (bicyclic) bond motifs is 1. The van der Waals surface area contributed by atoms with Crippen LogP contribution in [0.3, 0.4) is 0 Å². The number of nitrogens with two attached hydrogens (primary N) is 1. The minimum Gasteiger partial charge on any atom is -0.384 e. The van der Waals surface area contributed by atoms with Gasteiger partial charge in [0.05, 0.1) is 0 Å². The maximum Gasteiger partial charge on any atom is 0.228 e. The number of anilines is 2. The van der Waals surface area contributed by atoms with E-state index in [1.807, 2.05) is 18.2 Å². The van der Waals surface area contributed by atoms with E-state index in [2.05, 4.69) is 29.1 Å². The number of hydrogen-bond acceptors (Lipinski definition) is 4. The Morgan fingerprint density at radius 1 is 0.806 bits per heavy atom. The first-order chi connectivity index (χ1) is 15.1. The molecule has 0 aliphatic heterocycles. The molecule has 2 rings (SSSR count). The average Bonchev–Trinajstić information content (AvgIpc) is 2.76. The lowest BCUT2D eigenvalue weighted by molar-refractivity contribution is -0.120. The molecular formula is C26H42N4O. The lowest BCUT2D eigenvalue weighted by atomic mass is 9.93. The smallest absolute Gasteiger partial charge is 0.228 e. The van der Waals surface area contributed by atoms with Gasteiger partial charge in [-0.1, -0.05) is 90.9 Å². The monoisotopic (exact) mass is 426 g/mol. The van der Waals surface area contributed by atoms with Crippen LogP contribution in [0.2, 0.25) is 0 Å². The van der Waals surface area contributed by atoms with Crippen molar-refractivity contribution in [3.63, 3.8) is 0 Å². The molecule has 2 heterocycles. The molecule has 0 aliphatic carbocycles. The van der Waals surface area contributed by atoms with E-state index in [9.17, 15) is 4.79 Å². The Labute approximate surface area is 188 Å². The second-order valence-electron chi connectivity index (χ2n) is 8.78. The van der Waals surface area contributed by atoms with Crippen molar-refractivity contribution in [3.05, 3.63) is 24.3 Å². The van der Waals surface area contributed by atoms with Crippen LogP contribution >= 0.6 is 0 Å². The van der Waals surface area contributed by atoms with Gasteiger partial charge in [-0.25, -0.2) is 9.97 Å². The van der Waals surface area contributed by atoms with Crippen molar-refractivity contribution >= 4 is 28.6 Å². The third-order valence-electron chi connectivity index (χ3n) is 6.01. The first-order valence-corrected chi connectivity index (χ1v) is 12.5. The second kappa shape index (κ2) is 14.8. The summed E-state index contributed by atoms with van der Waals surface area (Å²) >= 11 is 0. The minimum atomic E-state index is 0.0589. The number of nitrogens with one attached hydrogen (secondary N) is 1. The van der Waals surface area contributed by atoms with Crippen molar-refractivity contribution in [2.24, 2.45) is 5.92 Å². The SMILES string of the molecule is CCCCCCCCC(CCCCCCCC)C(=O)Nc1ccc2ccc(N)nc2n1.